The van der Waals surface area contributed by atoms with Crippen molar-refractivity contribution in [2.45, 2.75) is 13.5 Å². The number of nitro groups is 1. The Kier molecular flexibility index (Phi) is 3.26. The third kappa shape index (κ3) is 2.18. The van der Waals surface area contributed by atoms with Crippen molar-refractivity contribution in [1.29, 1.82) is 0 Å². The van der Waals surface area contributed by atoms with Crippen LogP contribution in [0.5, 0.6) is 0 Å². The molecule has 0 spiro atoms. The third-order valence-corrected chi connectivity index (χ3v) is 2.76. The first-order valence-corrected chi connectivity index (χ1v) is 5.47. The van der Waals surface area contributed by atoms with Crippen LogP contribution in [0.4, 0.5) is 5.69 Å². The Hall–Kier alpha value is -1.99. The van der Waals surface area contributed by atoms with E-state index in [0.29, 0.717) is 16.9 Å². The predicted octanol–water partition coefficient (Wildman–Crippen LogP) is 1.60. The Morgan fingerprint density at radius 2 is 2.28 bits per heavy atom. The van der Waals surface area contributed by atoms with Gasteiger partial charge in [-0.05, 0) is 18.6 Å². The fourth-order valence-electron chi connectivity index (χ4n) is 1.55. The summed E-state index contributed by atoms with van der Waals surface area (Å²) >= 11 is 5.86. The molecule has 1 aromatic carbocycles. The molecule has 8 heteroatoms. The lowest BCUT2D eigenvalue weighted by Gasteiger charge is -2.05. The molecule has 2 aromatic rings. The van der Waals surface area contributed by atoms with Crippen LogP contribution in [0.2, 0.25) is 5.02 Å². The summed E-state index contributed by atoms with van der Waals surface area (Å²) < 4.78 is 1.49. The highest BCUT2D eigenvalue weighted by Gasteiger charge is 2.16. The maximum Gasteiger partial charge on any atom is 0.288 e. The molecule has 0 unspecified atom stereocenters. The van der Waals surface area contributed by atoms with Crippen LogP contribution in [-0.2, 0) is 6.54 Å². The molecule has 0 radical (unpaired) electrons. The molecule has 0 atom stereocenters. The molecule has 0 bridgehead atoms. The summed E-state index contributed by atoms with van der Waals surface area (Å²) in [7, 11) is 0. The fourth-order valence-corrected chi connectivity index (χ4v) is 1.78. The molecule has 2 N–H and O–H groups in total. The molecule has 0 aliphatic rings. The van der Waals surface area contributed by atoms with Gasteiger partial charge in [0.05, 0.1) is 22.5 Å². The van der Waals surface area contributed by atoms with Gasteiger partial charge in [0.2, 0.25) is 0 Å². The number of benzene rings is 1. The first kappa shape index (κ1) is 12.5. The standard InChI is InChI=1S/C10H10ClN5O2/c1-6-2-10(16(17)18)8(11)3-9(6)15-5-7(4-12)13-14-15/h2-3,5H,4,12H2,1H3. The molecule has 0 aliphatic carbocycles. The number of hydrogen-bond acceptors (Lipinski definition) is 5. The Morgan fingerprint density at radius 3 is 2.83 bits per heavy atom. The largest absolute Gasteiger partial charge is 0.325 e. The summed E-state index contributed by atoms with van der Waals surface area (Å²) in [6.45, 7) is 2.02. The highest BCUT2D eigenvalue weighted by atomic mass is 35.5. The molecular formula is C10H10ClN5O2. The number of nitrogens with zero attached hydrogens (tertiary/aromatic N) is 4. The average molecular weight is 268 g/mol. The Bertz CT molecular complexity index is 610. The van der Waals surface area contributed by atoms with Crippen molar-refractivity contribution in [2.75, 3.05) is 0 Å². The third-order valence-electron chi connectivity index (χ3n) is 2.46. The topological polar surface area (TPSA) is 99.9 Å². The first-order chi connectivity index (χ1) is 8.52. The van der Waals surface area contributed by atoms with Crippen molar-refractivity contribution in [3.05, 3.63) is 44.7 Å². The van der Waals surface area contributed by atoms with Crippen LogP contribution in [0.1, 0.15) is 11.3 Å². The summed E-state index contributed by atoms with van der Waals surface area (Å²) in [6, 6.07) is 2.89. The van der Waals surface area contributed by atoms with Crippen molar-refractivity contribution in [3.8, 4) is 5.69 Å². The van der Waals surface area contributed by atoms with Crippen molar-refractivity contribution in [1.82, 2.24) is 15.0 Å². The van der Waals surface area contributed by atoms with Crippen molar-refractivity contribution in [3.63, 3.8) is 0 Å². The van der Waals surface area contributed by atoms with Gasteiger partial charge in [-0.1, -0.05) is 16.8 Å². The molecule has 0 fully saturated rings. The average Bonchev–Trinajstić information content (AvgIpc) is 2.79. The predicted molar refractivity (Wildman–Crippen MR) is 65.7 cm³/mol. The molecule has 0 aliphatic heterocycles. The SMILES string of the molecule is Cc1cc([N+](=O)[O-])c(Cl)cc1-n1cc(CN)nn1. The fraction of sp³-hybridized carbons (Fsp3) is 0.200. The zero-order valence-corrected chi connectivity index (χ0v) is 10.3. The van der Waals surface area contributed by atoms with E-state index >= 15 is 0 Å². The van der Waals surface area contributed by atoms with Crippen LogP contribution in [0, 0.1) is 17.0 Å². The van der Waals surface area contributed by atoms with Gasteiger partial charge in [0.15, 0.2) is 0 Å². The maximum atomic E-state index is 10.7. The van der Waals surface area contributed by atoms with Gasteiger partial charge < -0.3 is 5.73 Å². The van der Waals surface area contributed by atoms with Gasteiger partial charge >= 0.3 is 0 Å². The van der Waals surface area contributed by atoms with E-state index in [0.717, 1.165) is 0 Å². The van der Waals surface area contributed by atoms with Crippen LogP contribution in [0.25, 0.3) is 5.69 Å². The monoisotopic (exact) mass is 267 g/mol. The van der Waals surface area contributed by atoms with Crippen molar-refractivity contribution in [2.24, 2.45) is 5.73 Å². The van der Waals surface area contributed by atoms with E-state index in [1.165, 1.54) is 16.8 Å². The molecular weight excluding hydrogens is 258 g/mol. The summed E-state index contributed by atoms with van der Waals surface area (Å²) in [4.78, 5) is 10.2. The Labute approximate surface area is 107 Å². The van der Waals surface area contributed by atoms with Gasteiger partial charge in [-0.3, -0.25) is 10.1 Å². The van der Waals surface area contributed by atoms with Gasteiger partial charge in [-0.2, -0.15) is 0 Å². The van der Waals surface area contributed by atoms with Crippen LogP contribution >= 0.6 is 11.6 Å². The van der Waals surface area contributed by atoms with Gasteiger partial charge in [-0.15, -0.1) is 5.10 Å². The normalized spacial score (nSPS) is 10.6. The number of halogens is 1. The van der Waals surface area contributed by atoms with Gasteiger partial charge in [0.25, 0.3) is 5.69 Å². The minimum atomic E-state index is -0.522. The second-order valence-electron chi connectivity index (χ2n) is 3.71. The highest BCUT2D eigenvalue weighted by molar-refractivity contribution is 6.32. The molecule has 18 heavy (non-hydrogen) atoms. The summed E-state index contributed by atoms with van der Waals surface area (Å²) in [6.07, 6.45) is 1.66. The maximum absolute atomic E-state index is 10.7. The lowest BCUT2D eigenvalue weighted by atomic mass is 10.2. The lowest BCUT2D eigenvalue weighted by Crippen LogP contribution is -2.00. The number of rotatable bonds is 3. The zero-order chi connectivity index (χ0) is 13.3. The number of hydrogen-bond donors (Lipinski definition) is 1. The Morgan fingerprint density at radius 1 is 1.56 bits per heavy atom. The van der Waals surface area contributed by atoms with Gasteiger partial charge in [-0.25, -0.2) is 4.68 Å². The van der Waals surface area contributed by atoms with Crippen molar-refractivity contribution < 1.29 is 4.92 Å². The summed E-state index contributed by atoms with van der Waals surface area (Å²) in [5.41, 5.74) is 7.26. The van der Waals surface area contributed by atoms with Crippen LogP contribution < -0.4 is 5.73 Å². The van der Waals surface area contributed by atoms with Crippen LogP contribution in [0.3, 0.4) is 0 Å². The second-order valence-corrected chi connectivity index (χ2v) is 4.11. The van der Waals surface area contributed by atoms with E-state index in [-0.39, 0.29) is 17.3 Å². The van der Waals surface area contributed by atoms with Crippen LogP contribution in [0.15, 0.2) is 18.3 Å². The zero-order valence-electron chi connectivity index (χ0n) is 9.50. The number of aromatic nitrogens is 3. The van der Waals surface area contributed by atoms with Gasteiger partial charge in [0.1, 0.15) is 5.02 Å². The van der Waals surface area contributed by atoms with Crippen LogP contribution in [-0.4, -0.2) is 19.9 Å². The highest BCUT2D eigenvalue weighted by Crippen LogP contribution is 2.29. The Balaban J connectivity index is 2.52. The van der Waals surface area contributed by atoms with E-state index in [4.69, 9.17) is 17.3 Å². The van der Waals surface area contributed by atoms with E-state index in [1.54, 1.807) is 13.1 Å². The molecule has 2 rings (SSSR count). The first-order valence-electron chi connectivity index (χ1n) is 5.09. The molecule has 7 nitrogen and oxygen atoms in total. The van der Waals surface area contributed by atoms with E-state index in [1.807, 2.05) is 0 Å². The quantitative estimate of drug-likeness (QED) is 0.672. The molecule has 1 heterocycles. The van der Waals surface area contributed by atoms with E-state index in [2.05, 4.69) is 10.3 Å². The van der Waals surface area contributed by atoms with E-state index in [9.17, 15) is 10.1 Å². The van der Waals surface area contributed by atoms with Gasteiger partial charge in [0, 0.05) is 12.6 Å². The van der Waals surface area contributed by atoms with E-state index < -0.39 is 4.92 Å². The minimum Gasteiger partial charge on any atom is -0.325 e. The summed E-state index contributed by atoms with van der Waals surface area (Å²) in [5.74, 6) is 0. The minimum absolute atomic E-state index is 0.0606. The summed E-state index contributed by atoms with van der Waals surface area (Å²) in [5, 5.41) is 18.5. The molecule has 94 valence electrons. The lowest BCUT2D eigenvalue weighted by molar-refractivity contribution is -0.384. The number of nitro benzene ring substituents is 1. The van der Waals surface area contributed by atoms with Crippen molar-refractivity contribution >= 4 is 17.3 Å². The molecule has 0 amide bonds. The number of aryl methyl sites for hydroxylation is 1. The smallest absolute Gasteiger partial charge is 0.288 e. The molecule has 0 saturated carbocycles. The second kappa shape index (κ2) is 4.71. The molecule has 0 saturated heterocycles. The molecule has 1 aromatic heterocycles. The number of nitrogens with two attached hydrogens (primary N) is 1.